The van der Waals surface area contributed by atoms with Crippen LogP contribution < -0.4 is 10.6 Å². The topological polar surface area (TPSA) is 67.1 Å². The molecule has 3 rings (SSSR count). The Balaban J connectivity index is 1.61. The largest absolute Gasteiger partial charge is 0.352 e. The first-order valence-electron chi connectivity index (χ1n) is 8.59. The van der Waals surface area contributed by atoms with Crippen LogP contribution in [-0.4, -0.2) is 27.8 Å². The maximum atomic E-state index is 4.26. The minimum Gasteiger partial charge on any atom is -0.352 e. The van der Waals surface area contributed by atoms with E-state index in [1.165, 1.54) is 22.3 Å². The number of hydrogen-bond acceptors (Lipinski definition) is 3. The quantitative estimate of drug-likeness (QED) is 0.549. The normalized spacial score (nSPS) is 11.4. The van der Waals surface area contributed by atoms with Crippen LogP contribution in [0.15, 0.2) is 59.9 Å². The van der Waals surface area contributed by atoms with Crippen molar-refractivity contribution in [2.45, 2.75) is 20.0 Å². The first kappa shape index (κ1) is 17.7. The number of guanidine groups is 1. The molecule has 0 radical (unpaired) electrons. The van der Waals surface area contributed by atoms with Crippen LogP contribution in [0.2, 0.25) is 0 Å². The highest BCUT2D eigenvalue weighted by atomic mass is 15.3. The van der Waals surface area contributed by atoms with Gasteiger partial charge in [-0.1, -0.05) is 48.0 Å². The first-order valence-corrected chi connectivity index (χ1v) is 8.59. The molecule has 134 valence electrons. The van der Waals surface area contributed by atoms with E-state index in [-0.39, 0.29) is 0 Å². The van der Waals surface area contributed by atoms with Gasteiger partial charge in [-0.25, -0.2) is 4.98 Å². The van der Waals surface area contributed by atoms with Crippen molar-refractivity contribution < 1.29 is 0 Å². The zero-order valence-electron chi connectivity index (χ0n) is 15.4. The number of aryl methyl sites for hydroxylation is 2. The minimum atomic E-state index is 0.569. The lowest BCUT2D eigenvalue weighted by Crippen LogP contribution is -2.36. The summed E-state index contributed by atoms with van der Waals surface area (Å²) in [7, 11) is 3.63. The number of aromatic nitrogens is 3. The Hall–Kier alpha value is -3.15. The molecule has 0 bridgehead atoms. The van der Waals surface area contributed by atoms with Gasteiger partial charge in [-0.05, 0) is 29.7 Å². The molecule has 0 fully saturated rings. The highest BCUT2D eigenvalue weighted by molar-refractivity contribution is 5.79. The molecule has 2 aromatic carbocycles. The highest BCUT2D eigenvalue weighted by Crippen LogP contribution is 2.21. The van der Waals surface area contributed by atoms with E-state index >= 15 is 0 Å². The molecule has 0 aliphatic rings. The SMILES string of the molecule is CN=C(NCc1cccc(-c2cccc(C)c2)c1)NCc1ncnn1C. The summed E-state index contributed by atoms with van der Waals surface area (Å²) in [5, 5.41) is 10.7. The molecule has 2 N–H and O–H groups in total. The van der Waals surface area contributed by atoms with E-state index in [2.05, 4.69) is 81.2 Å². The zero-order valence-corrected chi connectivity index (χ0v) is 15.4. The second-order valence-electron chi connectivity index (χ2n) is 6.15. The van der Waals surface area contributed by atoms with Gasteiger partial charge in [0.05, 0.1) is 6.54 Å². The molecule has 0 spiro atoms. The minimum absolute atomic E-state index is 0.569. The van der Waals surface area contributed by atoms with Crippen molar-refractivity contribution in [2.75, 3.05) is 7.05 Å². The second kappa shape index (κ2) is 8.29. The van der Waals surface area contributed by atoms with Crippen LogP contribution in [0.5, 0.6) is 0 Å². The fraction of sp³-hybridized carbons (Fsp3) is 0.250. The summed E-state index contributed by atoms with van der Waals surface area (Å²) < 4.78 is 1.74. The molecule has 0 saturated heterocycles. The molecule has 0 aliphatic carbocycles. The molecule has 3 aromatic rings. The van der Waals surface area contributed by atoms with Crippen LogP contribution in [0.4, 0.5) is 0 Å². The van der Waals surface area contributed by atoms with E-state index in [0.29, 0.717) is 13.1 Å². The lowest BCUT2D eigenvalue weighted by molar-refractivity contribution is 0.672. The van der Waals surface area contributed by atoms with Crippen molar-refractivity contribution in [1.29, 1.82) is 0 Å². The van der Waals surface area contributed by atoms with E-state index in [1.54, 1.807) is 18.1 Å². The summed E-state index contributed by atoms with van der Waals surface area (Å²) in [5.74, 6) is 1.59. The maximum absolute atomic E-state index is 4.26. The molecule has 0 aliphatic heterocycles. The van der Waals surface area contributed by atoms with Crippen molar-refractivity contribution in [3.8, 4) is 11.1 Å². The predicted octanol–water partition coefficient (Wildman–Crippen LogP) is 2.66. The molecular weight excluding hydrogens is 324 g/mol. The van der Waals surface area contributed by atoms with Crippen molar-refractivity contribution in [3.63, 3.8) is 0 Å². The Morgan fingerprint density at radius 2 is 1.77 bits per heavy atom. The molecule has 1 aromatic heterocycles. The number of nitrogens with one attached hydrogen (secondary N) is 2. The van der Waals surface area contributed by atoms with Crippen molar-refractivity contribution in [3.05, 3.63) is 71.8 Å². The van der Waals surface area contributed by atoms with Gasteiger partial charge in [0.15, 0.2) is 5.96 Å². The summed E-state index contributed by atoms with van der Waals surface area (Å²) in [6.07, 6.45) is 1.55. The van der Waals surface area contributed by atoms with E-state index in [9.17, 15) is 0 Å². The van der Waals surface area contributed by atoms with Crippen LogP contribution in [0.3, 0.4) is 0 Å². The van der Waals surface area contributed by atoms with E-state index < -0.39 is 0 Å². The Morgan fingerprint density at radius 3 is 2.46 bits per heavy atom. The number of rotatable bonds is 5. The number of aliphatic imine (C=N–C) groups is 1. The molecule has 6 heteroatoms. The van der Waals surface area contributed by atoms with Gasteiger partial charge in [0.25, 0.3) is 0 Å². The third-order valence-electron chi connectivity index (χ3n) is 4.18. The van der Waals surface area contributed by atoms with E-state index in [0.717, 1.165) is 11.8 Å². The number of nitrogens with zero attached hydrogens (tertiary/aromatic N) is 4. The third kappa shape index (κ3) is 4.47. The summed E-state index contributed by atoms with van der Waals surface area (Å²) in [4.78, 5) is 8.46. The van der Waals surface area contributed by atoms with Gasteiger partial charge < -0.3 is 10.6 Å². The standard InChI is InChI=1S/C20H24N6/c1-15-6-4-8-17(10-15)18-9-5-7-16(11-18)12-22-20(21-2)23-13-19-24-14-25-26(19)3/h4-11,14H,12-13H2,1-3H3,(H2,21,22,23). The van der Waals surface area contributed by atoms with Crippen LogP contribution >= 0.6 is 0 Å². The summed E-state index contributed by atoms with van der Waals surface area (Å²) in [6.45, 7) is 3.37. The fourth-order valence-corrected chi connectivity index (χ4v) is 2.73. The number of benzene rings is 2. The van der Waals surface area contributed by atoms with Gasteiger partial charge in [0.2, 0.25) is 0 Å². The molecule has 26 heavy (non-hydrogen) atoms. The smallest absolute Gasteiger partial charge is 0.191 e. The number of hydrogen-bond donors (Lipinski definition) is 2. The maximum Gasteiger partial charge on any atom is 0.191 e. The summed E-state index contributed by atoms with van der Waals surface area (Å²) in [5.41, 5.74) is 4.91. The second-order valence-corrected chi connectivity index (χ2v) is 6.15. The van der Waals surface area contributed by atoms with Crippen molar-refractivity contribution >= 4 is 5.96 Å². The van der Waals surface area contributed by atoms with Crippen molar-refractivity contribution in [2.24, 2.45) is 12.0 Å². The van der Waals surface area contributed by atoms with Crippen LogP contribution in [-0.2, 0) is 20.1 Å². The average molecular weight is 348 g/mol. The first-order chi connectivity index (χ1) is 12.7. The lowest BCUT2D eigenvalue weighted by Gasteiger charge is -2.12. The van der Waals surface area contributed by atoms with Gasteiger partial charge in [-0.2, -0.15) is 5.10 Å². The van der Waals surface area contributed by atoms with Gasteiger partial charge in [-0.3, -0.25) is 9.67 Å². The molecule has 0 saturated carbocycles. The van der Waals surface area contributed by atoms with Crippen LogP contribution in [0.25, 0.3) is 11.1 Å². The molecule has 0 unspecified atom stereocenters. The summed E-state index contributed by atoms with van der Waals surface area (Å²) in [6, 6.07) is 17.1. The van der Waals surface area contributed by atoms with Gasteiger partial charge in [0, 0.05) is 20.6 Å². The Bertz CT molecular complexity index is 897. The Morgan fingerprint density at radius 1 is 1.04 bits per heavy atom. The molecular formula is C20H24N6. The van der Waals surface area contributed by atoms with Gasteiger partial charge in [-0.15, -0.1) is 0 Å². The predicted molar refractivity (Wildman–Crippen MR) is 105 cm³/mol. The van der Waals surface area contributed by atoms with Gasteiger partial charge in [0.1, 0.15) is 12.2 Å². The zero-order chi connectivity index (χ0) is 18.4. The van der Waals surface area contributed by atoms with Crippen LogP contribution in [0.1, 0.15) is 17.0 Å². The summed E-state index contributed by atoms with van der Waals surface area (Å²) >= 11 is 0. The molecule has 6 nitrogen and oxygen atoms in total. The van der Waals surface area contributed by atoms with E-state index in [4.69, 9.17) is 0 Å². The van der Waals surface area contributed by atoms with Crippen molar-refractivity contribution in [1.82, 2.24) is 25.4 Å². The molecule has 1 heterocycles. The highest BCUT2D eigenvalue weighted by Gasteiger charge is 2.04. The van der Waals surface area contributed by atoms with Crippen LogP contribution in [0, 0.1) is 6.92 Å². The lowest BCUT2D eigenvalue weighted by atomic mass is 10.0. The molecule has 0 atom stereocenters. The van der Waals surface area contributed by atoms with Gasteiger partial charge >= 0.3 is 0 Å². The van der Waals surface area contributed by atoms with E-state index in [1.807, 2.05) is 7.05 Å². The third-order valence-corrected chi connectivity index (χ3v) is 4.18. The average Bonchev–Trinajstić information content (AvgIpc) is 3.07. The molecule has 0 amide bonds. The monoisotopic (exact) mass is 348 g/mol. The Labute approximate surface area is 154 Å². The fourth-order valence-electron chi connectivity index (χ4n) is 2.73. The Kier molecular flexibility index (Phi) is 5.63.